The zero-order valence-electron chi connectivity index (χ0n) is 11.7. The van der Waals surface area contributed by atoms with Crippen molar-refractivity contribution in [2.24, 2.45) is 5.73 Å². The van der Waals surface area contributed by atoms with Gasteiger partial charge in [0.05, 0.1) is 6.61 Å². The van der Waals surface area contributed by atoms with Crippen molar-refractivity contribution in [3.05, 3.63) is 24.0 Å². The molecule has 0 amide bonds. The Hall–Kier alpha value is -1.29. The second-order valence-electron chi connectivity index (χ2n) is 5.23. The Kier molecular flexibility index (Phi) is 4.64. The molecule has 1 aliphatic carbocycles. The van der Waals surface area contributed by atoms with Crippen LogP contribution in [0.3, 0.4) is 0 Å². The van der Waals surface area contributed by atoms with Crippen LogP contribution in [0.5, 0.6) is 5.75 Å². The van der Waals surface area contributed by atoms with Gasteiger partial charge in [-0.25, -0.2) is 4.39 Å². The monoisotopic (exact) mass is 266 g/mol. The van der Waals surface area contributed by atoms with E-state index >= 15 is 0 Å². The van der Waals surface area contributed by atoms with E-state index in [4.69, 9.17) is 10.5 Å². The second kappa shape index (κ2) is 6.24. The molecule has 0 bridgehead atoms. The van der Waals surface area contributed by atoms with Crippen molar-refractivity contribution in [1.29, 1.82) is 0 Å². The third-order valence-corrected chi connectivity index (χ3v) is 3.91. The first-order valence-corrected chi connectivity index (χ1v) is 7.02. The number of halogens is 1. The summed E-state index contributed by atoms with van der Waals surface area (Å²) in [7, 11) is 2.02. The Morgan fingerprint density at radius 3 is 2.58 bits per heavy atom. The van der Waals surface area contributed by atoms with E-state index in [-0.39, 0.29) is 5.82 Å². The smallest absolute Gasteiger partial charge is 0.167 e. The fourth-order valence-corrected chi connectivity index (χ4v) is 2.68. The zero-order valence-corrected chi connectivity index (χ0v) is 11.7. The maximum atomic E-state index is 13.9. The lowest BCUT2D eigenvalue weighted by atomic mass is 9.91. The minimum Gasteiger partial charge on any atom is -0.491 e. The van der Waals surface area contributed by atoms with Crippen LogP contribution in [-0.2, 0) is 0 Å². The molecule has 106 valence electrons. The molecule has 1 aliphatic rings. The van der Waals surface area contributed by atoms with Gasteiger partial charge in [0.2, 0.25) is 0 Å². The van der Waals surface area contributed by atoms with Gasteiger partial charge in [0.1, 0.15) is 0 Å². The van der Waals surface area contributed by atoms with E-state index in [9.17, 15) is 4.39 Å². The van der Waals surface area contributed by atoms with Crippen molar-refractivity contribution in [3.63, 3.8) is 0 Å². The first-order valence-electron chi connectivity index (χ1n) is 7.02. The summed E-state index contributed by atoms with van der Waals surface area (Å²) in [4.78, 5) is 2.16. The van der Waals surface area contributed by atoms with Crippen LogP contribution in [0.1, 0.15) is 32.6 Å². The number of anilines is 1. The summed E-state index contributed by atoms with van der Waals surface area (Å²) in [5, 5.41) is 0. The van der Waals surface area contributed by atoms with E-state index in [1.807, 2.05) is 20.0 Å². The molecular formula is C15H23FN2O. The lowest BCUT2D eigenvalue weighted by molar-refractivity contribution is 0.321. The molecule has 0 heterocycles. The summed E-state index contributed by atoms with van der Waals surface area (Å²) < 4.78 is 19.1. The van der Waals surface area contributed by atoms with E-state index in [1.165, 1.54) is 0 Å². The molecule has 0 aliphatic heterocycles. The molecule has 1 aromatic rings. The van der Waals surface area contributed by atoms with Crippen LogP contribution >= 0.6 is 0 Å². The first-order chi connectivity index (χ1) is 9.11. The predicted molar refractivity (Wildman–Crippen MR) is 76.2 cm³/mol. The van der Waals surface area contributed by atoms with Gasteiger partial charge < -0.3 is 15.4 Å². The molecule has 1 fully saturated rings. The Balaban J connectivity index is 2.06. The zero-order chi connectivity index (χ0) is 13.8. The highest BCUT2D eigenvalue weighted by Gasteiger charge is 2.22. The molecule has 2 rings (SSSR count). The molecule has 4 heteroatoms. The van der Waals surface area contributed by atoms with Gasteiger partial charge in [0.25, 0.3) is 0 Å². The predicted octanol–water partition coefficient (Wildman–Crippen LogP) is 2.93. The summed E-state index contributed by atoms with van der Waals surface area (Å²) in [6, 6.07) is 5.97. The molecule has 19 heavy (non-hydrogen) atoms. The van der Waals surface area contributed by atoms with Gasteiger partial charge in [-0.2, -0.15) is 0 Å². The number of nitrogens with two attached hydrogens (primary N) is 1. The van der Waals surface area contributed by atoms with Crippen molar-refractivity contribution in [2.75, 3.05) is 18.6 Å². The number of benzene rings is 1. The molecule has 0 spiro atoms. The fraction of sp³-hybridized carbons (Fsp3) is 0.600. The van der Waals surface area contributed by atoms with Crippen molar-refractivity contribution >= 4 is 5.69 Å². The number of nitrogens with zero attached hydrogens (tertiary/aromatic N) is 1. The largest absolute Gasteiger partial charge is 0.491 e. The second-order valence-corrected chi connectivity index (χ2v) is 5.23. The summed E-state index contributed by atoms with van der Waals surface area (Å²) >= 11 is 0. The molecule has 0 unspecified atom stereocenters. The molecule has 1 saturated carbocycles. The van der Waals surface area contributed by atoms with Crippen LogP contribution < -0.4 is 15.4 Å². The number of hydrogen-bond donors (Lipinski definition) is 1. The molecule has 3 nitrogen and oxygen atoms in total. The fourth-order valence-electron chi connectivity index (χ4n) is 2.68. The van der Waals surface area contributed by atoms with Crippen LogP contribution in [-0.4, -0.2) is 25.7 Å². The van der Waals surface area contributed by atoms with Gasteiger partial charge in [0, 0.05) is 30.9 Å². The maximum absolute atomic E-state index is 13.9. The van der Waals surface area contributed by atoms with Crippen molar-refractivity contribution in [3.8, 4) is 5.75 Å². The van der Waals surface area contributed by atoms with Gasteiger partial charge in [-0.05, 0) is 44.7 Å². The van der Waals surface area contributed by atoms with Crippen LogP contribution in [0.4, 0.5) is 10.1 Å². The summed E-state index contributed by atoms with van der Waals surface area (Å²) in [5.74, 6) is 0.0315. The molecule has 0 radical (unpaired) electrons. The topological polar surface area (TPSA) is 38.5 Å². The van der Waals surface area contributed by atoms with Crippen LogP contribution in [0.25, 0.3) is 0 Å². The number of ether oxygens (including phenoxy) is 1. The Morgan fingerprint density at radius 1 is 1.32 bits per heavy atom. The van der Waals surface area contributed by atoms with Crippen molar-refractivity contribution in [1.82, 2.24) is 0 Å². The Morgan fingerprint density at radius 2 is 2.00 bits per heavy atom. The van der Waals surface area contributed by atoms with Gasteiger partial charge >= 0.3 is 0 Å². The highest BCUT2D eigenvalue weighted by molar-refractivity contribution is 5.50. The van der Waals surface area contributed by atoms with E-state index in [0.717, 1.165) is 31.4 Å². The Bertz CT molecular complexity index is 417. The van der Waals surface area contributed by atoms with E-state index in [0.29, 0.717) is 24.4 Å². The lowest BCUT2D eigenvalue weighted by Crippen LogP contribution is -2.38. The Labute approximate surface area is 114 Å². The third kappa shape index (κ3) is 3.38. The first kappa shape index (κ1) is 14.1. The van der Waals surface area contributed by atoms with Gasteiger partial charge in [-0.15, -0.1) is 0 Å². The van der Waals surface area contributed by atoms with Crippen molar-refractivity contribution < 1.29 is 9.13 Å². The number of rotatable bonds is 4. The van der Waals surface area contributed by atoms with Gasteiger partial charge in [0.15, 0.2) is 11.6 Å². The highest BCUT2D eigenvalue weighted by atomic mass is 19.1. The minimum atomic E-state index is -0.293. The third-order valence-electron chi connectivity index (χ3n) is 3.91. The quantitative estimate of drug-likeness (QED) is 0.910. The van der Waals surface area contributed by atoms with Crippen LogP contribution in [0.2, 0.25) is 0 Å². The number of hydrogen-bond acceptors (Lipinski definition) is 3. The SMILES string of the molecule is CCOc1ccc(N(C)C2CCC(N)CC2)cc1F. The maximum Gasteiger partial charge on any atom is 0.167 e. The van der Waals surface area contributed by atoms with Crippen LogP contribution in [0, 0.1) is 5.82 Å². The average Bonchev–Trinajstić information content (AvgIpc) is 2.41. The van der Waals surface area contributed by atoms with Gasteiger partial charge in [-0.3, -0.25) is 0 Å². The minimum absolute atomic E-state index is 0.293. The summed E-state index contributed by atoms with van der Waals surface area (Å²) in [6.45, 7) is 2.33. The summed E-state index contributed by atoms with van der Waals surface area (Å²) in [6.07, 6.45) is 4.25. The normalized spacial score (nSPS) is 23.2. The lowest BCUT2D eigenvalue weighted by Gasteiger charge is -2.35. The molecule has 0 saturated heterocycles. The summed E-state index contributed by atoms with van der Waals surface area (Å²) in [5.41, 5.74) is 6.82. The van der Waals surface area contributed by atoms with Crippen molar-refractivity contribution in [2.45, 2.75) is 44.7 Å². The van der Waals surface area contributed by atoms with E-state index in [2.05, 4.69) is 4.90 Å². The van der Waals surface area contributed by atoms with Crippen LogP contribution in [0.15, 0.2) is 18.2 Å². The molecule has 1 aromatic carbocycles. The standard InChI is InChI=1S/C15H23FN2O/c1-3-19-15-9-8-13(10-14(15)16)18(2)12-6-4-11(17)5-7-12/h8-12H,3-7,17H2,1-2H3. The molecule has 0 atom stereocenters. The molecule has 0 aromatic heterocycles. The average molecular weight is 266 g/mol. The molecule has 2 N–H and O–H groups in total. The van der Waals surface area contributed by atoms with E-state index in [1.54, 1.807) is 12.1 Å². The van der Waals surface area contributed by atoms with Gasteiger partial charge in [-0.1, -0.05) is 0 Å². The molecular weight excluding hydrogens is 243 g/mol. The highest BCUT2D eigenvalue weighted by Crippen LogP contribution is 2.28. The van der Waals surface area contributed by atoms with E-state index < -0.39 is 0 Å².